The lowest BCUT2D eigenvalue weighted by molar-refractivity contribution is 0.415. The van der Waals surface area contributed by atoms with Crippen molar-refractivity contribution >= 4 is 33.0 Å². The first-order valence-corrected chi connectivity index (χ1v) is 6.20. The van der Waals surface area contributed by atoms with Crippen molar-refractivity contribution in [2.45, 2.75) is 11.8 Å². The van der Waals surface area contributed by atoms with Gasteiger partial charge in [-0.2, -0.15) is 0 Å². The van der Waals surface area contributed by atoms with Crippen LogP contribution >= 0.6 is 23.2 Å². The molecule has 0 amide bonds. The lowest BCUT2D eigenvalue weighted by atomic mass is 10.4. The molecular formula is C9H8Cl2O3S. The Morgan fingerprint density at radius 1 is 1.33 bits per heavy atom. The smallest absolute Gasteiger partial charge is 0.203 e. The number of sulfone groups is 1. The van der Waals surface area contributed by atoms with E-state index >= 15 is 0 Å². The van der Waals surface area contributed by atoms with Crippen LogP contribution in [-0.2, 0) is 9.84 Å². The van der Waals surface area contributed by atoms with Crippen molar-refractivity contribution in [2.75, 3.05) is 0 Å². The molecular weight excluding hydrogens is 259 g/mol. The highest BCUT2D eigenvalue weighted by Crippen LogP contribution is 2.25. The topological polar surface area (TPSA) is 54.4 Å². The van der Waals surface area contributed by atoms with E-state index in [1.165, 1.54) is 25.1 Å². The summed E-state index contributed by atoms with van der Waals surface area (Å²) in [4.78, 5) is -0.00898. The van der Waals surface area contributed by atoms with E-state index in [2.05, 4.69) is 0 Å². The third kappa shape index (κ3) is 3.12. The Morgan fingerprint density at radius 3 is 2.40 bits per heavy atom. The van der Waals surface area contributed by atoms with E-state index in [0.29, 0.717) is 0 Å². The Labute approximate surface area is 97.9 Å². The quantitative estimate of drug-likeness (QED) is 0.837. The molecule has 0 heterocycles. The second-order valence-corrected chi connectivity index (χ2v) is 5.49. The molecule has 15 heavy (non-hydrogen) atoms. The molecule has 6 heteroatoms. The molecule has 0 aromatic heterocycles. The Bertz CT molecular complexity index is 502. The highest BCUT2D eigenvalue weighted by atomic mass is 35.5. The average molecular weight is 267 g/mol. The second kappa shape index (κ2) is 4.43. The molecule has 82 valence electrons. The summed E-state index contributed by atoms with van der Waals surface area (Å²) in [6.07, 6.45) is 0. The standard InChI is InChI=1S/C9H8Cl2O3S/c1-6(12)5-15(13,14)7-2-3-8(10)9(11)4-7/h2-5,12H,1H3/b6-5-. The van der Waals surface area contributed by atoms with Crippen molar-refractivity contribution in [1.29, 1.82) is 0 Å². The van der Waals surface area contributed by atoms with E-state index in [0.717, 1.165) is 5.41 Å². The van der Waals surface area contributed by atoms with Crippen LogP contribution in [0.3, 0.4) is 0 Å². The summed E-state index contributed by atoms with van der Waals surface area (Å²) >= 11 is 11.3. The van der Waals surface area contributed by atoms with Gasteiger partial charge in [-0.25, -0.2) is 8.42 Å². The highest BCUT2D eigenvalue weighted by molar-refractivity contribution is 7.94. The number of rotatable bonds is 2. The van der Waals surface area contributed by atoms with Crippen molar-refractivity contribution in [3.63, 3.8) is 0 Å². The zero-order chi connectivity index (χ0) is 11.6. The van der Waals surface area contributed by atoms with Gasteiger partial charge in [0.2, 0.25) is 9.84 Å². The van der Waals surface area contributed by atoms with Crippen molar-refractivity contribution < 1.29 is 13.5 Å². The van der Waals surface area contributed by atoms with E-state index < -0.39 is 9.84 Å². The summed E-state index contributed by atoms with van der Waals surface area (Å²) in [6.45, 7) is 1.27. The van der Waals surface area contributed by atoms with Gasteiger partial charge in [-0.15, -0.1) is 0 Å². The van der Waals surface area contributed by atoms with Crippen LogP contribution in [0, 0.1) is 0 Å². The fourth-order valence-electron chi connectivity index (χ4n) is 0.946. The van der Waals surface area contributed by atoms with E-state index in [1.54, 1.807) is 0 Å². The van der Waals surface area contributed by atoms with Gasteiger partial charge in [-0.3, -0.25) is 0 Å². The van der Waals surface area contributed by atoms with Gasteiger partial charge in [-0.05, 0) is 25.1 Å². The summed E-state index contributed by atoms with van der Waals surface area (Å²) in [5.74, 6) is -0.291. The molecule has 0 bridgehead atoms. The summed E-state index contributed by atoms with van der Waals surface area (Å²) in [5.41, 5.74) is 0. The Morgan fingerprint density at radius 2 is 1.93 bits per heavy atom. The monoisotopic (exact) mass is 266 g/mol. The zero-order valence-corrected chi connectivity index (χ0v) is 10.1. The third-order valence-electron chi connectivity index (χ3n) is 1.55. The summed E-state index contributed by atoms with van der Waals surface area (Å²) in [7, 11) is -3.65. The van der Waals surface area contributed by atoms with Crippen LogP contribution in [0.1, 0.15) is 6.92 Å². The third-order valence-corrected chi connectivity index (χ3v) is 3.85. The first-order valence-electron chi connectivity index (χ1n) is 3.90. The van der Waals surface area contributed by atoms with Crippen molar-refractivity contribution in [1.82, 2.24) is 0 Å². The molecule has 3 nitrogen and oxygen atoms in total. The molecule has 0 fully saturated rings. The van der Waals surface area contributed by atoms with Crippen molar-refractivity contribution in [3.05, 3.63) is 39.4 Å². The van der Waals surface area contributed by atoms with Crippen LogP contribution in [0.5, 0.6) is 0 Å². The number of aliphatic hydroxyl groups excluding tert-OH is 1. The van der Waals surface area contributed by atoms with Gasteiger partial charge in [0.1, 0.15) is 5.76 Å². The van der Waals surface area contributed by atoms with Crippen LogP contribution in [0.25, 0.3) is 0 Å². The minimum Gasteiger partial charge on any atom is -0.512 e. The lowest BCUT2D eigenvalue weighted by Gasteiger charge is -2.01. The Kier molecular flexibility index (Phi) is 3.65. The molecule has 1 N–H and O–H groups in total. The maximum Gasteiger partial charge on any atom is 0.203 e. The molecule has 0 unspecified atom stereocenters. The highest BCUT2D eigenvalue weighted by Gasteiger charge is 2.13. The largest absolute Gasteiger partial charge is 0.512 e. The van der Waals surface area contributed by atoms with Gasteiger partial charge in [-0.1, -0.05) is 23.2 Å². The molecule has 0 spiro atoms. The normalized spacial score (nSPS) is 12.9. The van der Waals surface area contributed by atoms with Gasteiger partial charge in [0.15, 0.2) is 0 Å². The molecule has 0 aliphatic carbocycles. The fraction of sp³-hybridized carbons (Fsp3) is 0.111. The number of aliphatic hydroxyl groups is 1. The number of hydrogen-bond donors (Lipinski definition) is 1. The molecule has 0 aliphatic rings. The molecule has 0 saturated carbocycles. The molecule has 0 saturated heterocycles. The van der Waals surface area contributed by atoms with E-state index in [4.69, 9.17) is 28.3 Å². The van der Waals surface area contributed by atoms with E-state index in [1.807, 2.05) is 0 Å². The Balaban J connectivity index is 3.29. The molecule has 0 atom stereocenters. The first-order chi connectivity index (χ1) is 6.83. The minimum absolute atomic E-state index is 0.00898. The second-order valence-electron chi connectivity index (χ2n) is 2.88. The fourth-order valence-corrected chi connectivity index (χ4v) is 2.43. The van der Waals surface area contributed by atoms with Gasteiger partial charge in [0.25, 0.3) is 0 Å². The summed E-state index contributed by atoms with van der Waals surface area (Å²) < 4.78 is 23.1. The number of benzene rings is 1. The number of hydrogen-bond acceptors (Lipinski definition) is 3. The molecule has 1 rings (SSSR count). The number of halogens is 2. The SMILES string of the molecule is C/C(O)=C/S(=O)(=O)c1ccc(Cl)c(Cl)c1. The predicted octanol–water partition coefficient (Wildman–Crippen LogP) is 3.19. The van der Waals surface area contributed by atoms with E-state index in [-0.39, 0.29) is 20.7 Å². The maximum atomic E-state index is 11.6. The van der Waals surface area contributed by atoms with Crippen LogP contribution in [0.2, 0.25) is 10.0 Å². The summed E-state index contributed by atoms with van der Waals surface area (Å²) in [5, 5.41) is 10.1. The van der Waals surface area contributed by atoms with Gasteiger partial charge >= 0.3 is 0 Å². The van der Waals surface area contributed by atoms with Gasteiger partial charge in [0, 0.05) is 0 Å². The first kappa shape index (κ1) is 12.4. The van der Waals surface area contributed by atoms with Crippen LogP contribution in [0.15, 0.2) is 34.3 Å². The van der Waals surface area contributed by atoms with Crippen molar-refractivity contribution in [3.8, 4) is 0 Å². The van der Waals surface area contributed by atoms with Gasteiger partial charge < -0.3 is 5.11 Å². The van der Waals surface area contributed by atoms with E-state index in [9.17, 15) is 8.42 Å². The van der Waals surface area contributed by atoms with Crippen molar-refractivity contribution in [2.24, 2.45) is 0 Å². The zero-order valence-electron chi connectivity index (χ0n) is 7.74. The lowest BCUT2D eigenvalue weighted by Crippen LogP contribution is -1.97. The molecule has 0 aliphatic heterocycles. The minimum atomic E-state index is -3.65. The van der Waals surface area contributed by atoms with Gasteiger partial charge in [0.05, 0.1) is 20.3 Å². The van der Waals surface area contributed by atoms with Crippen LogP contribution in [-0.4, -0.2) is 13.5 Å². The molecule has 1 aromatic carbocycles. The maximum absolute atomic E-state index is 11.6. The van der Waals surface area contributed by atoms with Crippen LogP contribution < -0.4 is 0 Å². The van der Waals surface area contributed by atoms with Crippen LogP contribution in [0.4, 0.5) is 0 Å². The molecule has 0 radical (unpaired) electrons. The molecule has 1 aromatic rings. The number of allylic oxidation sites excluding steroid dienone is 1. The predicted molar refractivity (Wildman–Crippen MR) is 60.0 cm³/mol. The Hall–Kier alpha value is -0.710. The average Bonchev–Trinajstić information content (AvgIpc) is 2.07. The summed E-state index contributed by atoms with van der Waals surface area (Å²) in [6, 6.07) is 3.94.